The molecule has 0 aliphatic carbocycles. The van der Waals surface area contributed by atoms with Crippen molar-refractivity contribution in [2.45, 2.75) is 16.2 Å². The highest BCUT2D eigenvalue weighted by atomic mass is 79.9. The molecule has 1 fully saturated rings. The number of aromatic nitrogens is 1. The molecule has 1 aromatic heterocycles. The van der Waals surface area contributed by atoms with E-state index in [2.05, 4.69) is 26.2 Å². The Balaban J connectivity index is 1.28. The number of H-pyrrole nitrogens is 1. The maximum Gasteiger partial charge on any atom is 0.305 e. The van der Waals surface area contributed by atoms with Gasteiger partial charge in [-0.1, -0.05) is 62.8 Å². The fraction of sp³-hybridized carbons (Fsp3) is 0.143. The Kier molecular flexibility index (Phi) is 7.30. The smallest absolute Gasteiger partial charge is 0.305 e. The van der Waals surface area contributed by atoms with E-state index in [1.165, 1.54) is 16.7 Å². The third kappa shape index (κ3) is 5.10. The third-order valence-electron chi connectivity index (χ3n) is 6.62. The largest absolute Gasteiger partial charge is 0.484 e. The number of halogens is 2. The first-order valence-electron chi connectivity index (χ1n) is 12.1. The summed E-state index contributed by atoms with van der Waals surface area (Å²) in [4.78, 5) is 56.7. The number of nitrogens with zero attached hydrogens (tertiary/aromatic N) is 1. The maximum atomic E-state index is 13.8. The lowest BCUT2D eigenvalue weighted by Gasteiger charge is -2.30. The average molecular weight is 657 g/mol. The minimum absolute atomic E-state index is 0.240. The number of fused-ring (bicyclic) bond motifs is 2. The highest BCUT2D eigenvalue weighted by Crippen LogP contribution is 2.53. The standard InChI is InChI=1S/C28H19BrClN3O5S2/c29-15-4-10-18(11-5-15)33-26(35)22-21(23-25(32-28(37)40-23)39-24(22)27(33)36)14-2-1-3-19(12-14)38-13-20(34)31-17-8-6-16(30)7-9-17/h1-12,21-22,24H,13H2,(H,31,34)(H,32,37). The molecule has 8 nitrogen and oxygen atoms in total. The van der Waals surface area contributed by atoms with Gasteiger partial charge in [0.1, 0.15) is 11.0 Å². The highest BCUT2D eigenvalue weighted by molar-refractivity contribution is 9.10. The van der Waals surface area contributed by atoms with Crippen molar-refractivity contribution < 1.29 is 19.1 Å². The number of benzene rings is 3. The lowest BCUT2D eigenvalue weighted by molar-refractivity contribution is -0.122. The monoisotopic (exact) mass is 655 g/mol. The van der Waals surface area contributed by atoms with Crippen LogP contribution in [0, 0.1) is 5.92 Å². The molecule has 3 amide bonds. The van der Waals surface area contributed by atoms with Gasteiger partial charge in [-0.3, -0.25) is 19.2 Å². The molecular formula is C28H19BrClN3O5S2. The summed E-state index contributed by atoms with van der Waals surface area (Å²) in [7, 11) is 0. The van der Waals surface area contributed by atoms with Crippen molar-refractivity contribution in [3.05, 3.63) is 102 Å². The lowest BCUT2D eigenvalue weighted by atomic mass is 9.83. The number of thioether (sulfide) groups is 1. The maximum absolute atomic E-state index is 13.8. The van der Waals surface area contributed by atoms with Crippen LogP contribution in [0.2, 0.25) is 5.02 Å². The van der Waals surface area contributed by atoms with Gasteiger partial charge in [0.15, 0.2) is 6.61 Å². The number of rotatable bonds is 6. The van der Waals surface area contributed by atoms with E-state index >= 15 is 0 Å². The molecule has 1 saturated heterocycles. The molecule has 3 atom stereocenters. The van der Waals surface area contributed by atoms with E-state index in [9.17, 15) is 19.2 Å². The first kappa shape index (κ1) is 26.8. The molecule has 6 rings (SSSR count). The molecule has 3 unspecified atom stereocenters. The first-order chi connectivity index (χ1) is 19.3. The van der Waals surface area contributed by atoms with Crippen molar-refractivity contribution in [1.29, 1.82) is 0 Å². The van der Waals surface area contributed by atoms with E-state index < -0.39 is 17.1 Å². The number of hydrogen-bond donors (Lipinski definition) is 2. The Morgan fingerprint density at radius 3 is 2.52 bits per heavy atom. The molecule has 2 aliphatic rings. The second-order valence-electron chi connectivity index (χ2n) is 9.15. The summed E-state index contributed by atoms with van der Waals surface area (Å²) >= 11 is 11.5. The Morgan fingerprint density at radius 1 is 1.02 bits per heavy atom. The van der Waals surface area contributed by atoms with Crippen molar-refractivity contribution in [3.8, 4) is 5.75 Å². The molecule has 3 heterocycles. The van der Waals surface area contributed by atoms with E-state index in [1.54, 1.807) is 66.7 Å². The zero-order valence-electron chi connectivity index (χ0n) is 20.4. The van der Waals surface area contributed by atoms with Gasteiger partial charge in [-0.15, -0.1) is 0 Å². The van der Waals surface area contributed by atoms with Crippen LogP contribution in [0.4, 0.5) is 11.4 Å². The van der Waals surface area contributed by atoms with Gasteiger partial charge in [0, 0.05) is 26.0 Å². The van der Waals surface area contributed by atoms with Crippen LogP contribution in [-0.4, -0.2) is 34.6 Å². The summed E-state index contributed by atoms with van der Waals surface area (Å²) in [6, 6.07) is 20.8. The van der Waals surface area contributed by atoms with Crippen LogP contribution in [0.5, 0.6) is 5.75 Å². The van der Waals surface area contributed by atoms with Gasteiger partial charge in [0.25, 0.3) is 5.91 Å². The predicted octanol–water partition coefficient (Wildman–Crippen LogP) is 5.67. The lowest BCUT2D eigenvalue weighted by Crippen LogP contribution is -2.32. The van der Waals surface area contributed by atoms with Crippen LogP contribution in [0.3, 0.4) is 0 Å². The Labute approximate surface area is 249 Å². The predicted molar refractivity (Wildman–Crippen MR) is 159 cm³/mol. The van der Waals surface area contributed by atoms with Crippen molar-refractivity contribution in [3.63, 3.8) is 0 Å². The molecule has 4 aromatic rings. The number of ether oxygens (including phenoxy) is 1. The summed E-state index contributed by atoms with van der Waals surface area (Å²) in [6.07, 6.45) is 0. The second-order valence-corrected chi connectivity index (χ2v) is 12.7. The van der Waals surface area contributed by atoms with Crippen LogP contribution < -0.4 is 19.8 Å². The van der Waals surface area contributed by atoms with Gasteiger partial charge < -0.3 is 15.0 Å². The van der Waals surface area contributed by atoms with Crippen molar-refractivity contribution >= 4 is 79.7 Å². The van der Waals surface area contributed by atoms with E-state index in [0.717, 1.165) is 15.8 Å². The number of nitrogens with one attached hydrogen (secondary N) is 2. The summed E-state index contributed by atoms with van der Waals surface area (Å²) in [5, 5.41) is 3.20. The van der Waals surface area contributed by atoms with Crippen LogP contribution in [-0.2, 0) is 14.4 Å². The van der Waals surface area contributed by atoms with Crippen LogP contribution >= 0.6 is 50.6 Å². The number of aromatic amines is 1. The fourth-order valence-corrected chi connectivity index (χ4v) is 7.80. The van der Waals surface area contributed by atoms with Crippen LogP contribution in [0.25, 0.3) is 0 Å². The summed E-state index contributed by atoms with van der Waals surface area (Å²) in [5.41, 5.74) is 1.79. The van der Waals surface area contributed by atoms with Gasteiger partial charge in [0.2, 0.25) is 11.8 Å². The SMILES string of the molecule is O=C(COc1cccc(C2c3sc(=O)[nH]c3SC3C(=O)N(c4ccc(Br)cc4)C(=O)C32)c1)Nc1ccc(Cl)cc1. The molecule has 0 bridgehead atoms. The van der Waals surface area contributed by atoms with Crippen LogP contribution in [0.1, 0.15) is 16.4 Å². The first-order valence-corrected chi connectivity index (χ1v) is 15.0. The second kappa shape index (κ2) is 10.9. The average Bonchev–Trinajstić information content (AvgIpc) is 3.43. The number of imide groups is 1. The molecule has 3 aromatic carbocycles. The molecule has 202 valence electrons. The number of amides is 3. The van der Waals surface area contributed by atoms with Gasteiger partial charge in [0.05, 0.1) is 16.6 Å². The Bertz CT molecular complexity index is 1690. The van der Waals surface area contributed by atoms with Gasteiger partial charge in [-0.2, -0.15) is 0 Å². The Hall–Kier alpha value is -3.38. The molecule has 0 saturated carbocycles. The molecule has 0 spiro atoms. The Morgan fingerprint density at radius 2 is 1.77 bits per heavy atom. The minimum atomic E-state index is -0.719. The third-order valence-corrected chi connectivity index (χ3v) is 9.81. The minimum Gasteiger partial charge on any atom is -0.484 e. The van der Waals surface area contributed by atoms with Crippen molar-refractivity contribution in [2.75, 3.05) is 16.8 Å². The number of thiazole rings is 1. The molecule has 40 heavy (non-hydrogen) atoms. The van der Waals surface area contributed by atoms with E-state index in [4.69, 9.17) is 16.3 Å². The quantitative estimate of drug-likeness (QED) is 0.259. The van der Waals surface area contributed by atoms with Crippen molar-refractivity contribution in [2.24, 2.45) is 5.92 Å². The van der Waals surface area contributed by atoms with Crippen molar-refractivity contribution in [1.82, 2.24) is 4.98 Å². The zero-order valence-corrected chi connectivity index (χ0v) is 24.4. The normalized spacial score (nSPS) is 19.8. The number of carbonyl (C=O) groups is 3. The summed E-state index contributed by atoms with van der Waals surface area (Å²) in [5.74, 6) is -1.84. The molecule has 12 heteroatoms. The number of anilines is 2. The highest BCUT2D eigenvalue weighted by Gasteiger charge is 2.56. The number of hydrogen-bond acceptors (Lipinski definition) is 7. The van der Waals surface area contributed by atoms with E-state index in [1.807, 2.05) is 6.07 Å². The summed E-state index contributed by atoms with van der Waals surface area (Å²) < 4.78 is 6.61. The van der Waals surface area contributed by atoms with E-state index in [0.29, 0.717) is 37.6 Å². The topological polar surface area (TPSA) is 109 Å². The van der Waals surface area contributed by atoms with Gasteiger partial charge in [-0.05, 0) is 66.2 Å². The molecular weight excluding hydrogens is 638 g/mol. The van der Waals surface area contributed by atoms with E-state index in [-0.39, 0.29) is 29.2 Å². The fourth-order valence-electron chi connectivity index (χ4n) is 4.90. The number of carbonyl (C=O) groups excluding carboxylic acids is 3. The summed E-state index contributed by atoms with van der Waals surface area (Å²) in [6.45, 7) is -0.240. The van der Waals surface area contributed by atoms with Gasteiger partial charge >= 0.3 is 4.87 Å². The molecule has 2 aliphatic heterocycles. The molecule has 0 radical (unpaired) electrons. The zero-order chi connectivity index (χ0) is 28.0. The molecule has 2 N–H and O–H groups in total. The van der Waals surface area contributed by atoms with Crippen LogP contribution in [0.15, 0.2) is 87.1 Å². The van der Waals surface area contributed by atoms with Gasteiger partial charge in [-0.25, -0.2) is 4.90 Å².